The van der Waals surface area contributed by atoms with E-state index in [1.165, 1.54) is 69.3 Å². The fourth-order valence-electron chi connectivity index (χ4n) is 17.1. The predicted molar refractivity (Wildman–Crippen MR) is 500 cm³/mol. The number of aromatic amines is 1. The molecule has 27 nitrogen and oxygen atoms in total. The number of unbranched alkanes of at least 4 members (excludes halogenated alkanes) is 2. The number of anilines is 1. The molecule has 0 radical (unpaired) electrons. The first-order valence-corrected chi connectivity index (χ1v) is 47.1. The van der Waals surface area contributed by atoms with Crippen LogP contribution in [0.2, 0.25) is 0 Å². The molecule has 5 heterocycles. The highest BCUT2D eigenvalue weighted by atomic mass is 33.1. The van der Waals surface area contributed by atoms with E-state index in [0.717, 1.165) is 68.5 Å². The number of para-hydroxylation sites is 1. The van der Waals surface area contributed by atoms with Gasteiger partial charge in [0.2, 0.25) is 70.7 Å². The van der Waals surface area contributed by atoms with Gasteiger partial charge < -0.3 is 73.1 Å². The molecular formula is C97H116N13O14S3+. The van der Waals surface area contributed by atoms with Crippen LogP contribution in [0.3, 0.4) is 0 Å². The molecule has 1 unspecified atom stereocenters. The molecule has 4 aliphatic heterocycles. The van der Waals surface area contributed by atoms with Gasteiger partial charge in [-0.25, -0.2) is 0 Å². The fourth-order valence-corrected chi connectivity index (χ4v) is 20.6. The number of aromatic nitrogens is 1. The number of imide groups is 1. The van der Waals surface area contributed by atoms with Crippen molar-refractivity contribution in [3.8, 4) is 0 Å². The van der Waals surface area contributed by atoms with Gasteiger partial charge in [0.25, 0.3) is 0 Å². The molecule has 670 valence electrons. The molecule has 12 rings (SSSR count). The van der Waals surface area contributed by atoms with Crippen LogP contribution in [0.1, 0.15) is 128 Å². The molecule has 2 saturated heterocycles. The Morgan fingerprint density at radius 2 is 1.27 bits per heavy atom. The van der Waals surface area contributed by atoms with E-state index in [1.54, 1.807) is 79.9 Å². The Balaban J connectivity index is 0.683. The van der Waals surface area contributed by atoms with Gasteiger partial charge in [0.1, 0.15) is 48.8 Å². The molecule has 30 heteroatoms. The number of benzene rings is 7. The third-order valence-corrected chi connectivity index (χ3v) is 27.6. The Labute approximate surface area is 752 Å². The van der Waals surface area contributed by atoms with Crippen molar-refractivity contribution in [1.29, 1.82) is 0 Å². The van der Waals surface area contributed by atoms with Gasteiger partial charge in [0.15, 0.2) is 5.71 Å². The summed E-state index contributed by atoms with van der Waals surface area (Å²) in [5.74, 6) is -8.38. The number of H-pyrrole nitrogens is 1. The van der Waals surface area contributed by atoms with Crippen LogP contribution in [0.15, 0.2) is 200 Å². The second-order valence-electron chi connectivity index (χ2n) is 33.9. The normalized spacial score (nSPS) is 21.4. The molecule has 8 aromatic rings. The lowest BCUT2D eigenvalue weighted by Gasteiger charge is -2.29. The molecule has 11 amide bonds. The maximum Gasteiger partial charge on any atom is 0.245 e. The average Bonchev–Trinajstić information content (AvgIpc) is 1.57. The van der Waals surface area contributed by atoms with Crippen molar-refractivity contribution in [3.05, 3.63) is 228 Å². The lowest BCUT2D eigenvalue weighted by Crippen LogP contribution is -2.62. The van der Waals surface area contributed by atoms with Crippen molar-refractivity contribution < 1.29 is 72.6 Å². The first-order chi connectivity index (χ1) is 61.0. The molecule has 2 fully saturated rings. The maximum atomic E-state index is 15.3. The second-order valence-corrected chi connectivity index (χ2v) is 37.7. The van der Waals surface area contributed by atoms with Crippen LogP contribution in [-0.4, -0.2) is 217 Å². The van der Waals surface area contributed by atoms with Crippen LogP contribution in [-0.2, 0) is 82.8 Å². The van der Waals surface area contributed by atoms with E-state index in [0.29, 0.717) is 29.5 Å². The minimum atomic E-state index is -1.72. The number of nitrogens with zero attached hydrogens (tertiary/aromatic N) is 3. The summed E-state index contributed by atoms with van der Waals surface area (Å²) in [4.78, 5) is 165. The summed E-state index contributed by atoms with van der Waals surface area (Å²) < 4.78 is 2.42. The largest absolute Gasteiger partial charge is 0.394 e. The third kappa shape index (κ3) is 23.5. The first-order valence-electron chi connectivity index (χ1n) is 43.5. The van der Waals surface area contributed by atoms with Gasteiger partial charge in [-0.05, 0) is 115 Å². The maximum absolute atomic E-state index is 15.3. The second kappa shape index (κ2) is 43.9. The van der Waals surface area contributed by atoms with Crippen LogP contribution in [0.25, 0.3) is 32.4 Å². The van der Waals surface area contributed by atoms with Gasteiger partial charge in [-0.15, -0.1) is 11.8 Å². The number of amides is 11. The summed E-state index contributed by atoms with van der Waals surface area (Å²) in [7, 11) is 4.06. The number of likely N-dealkylation sites (tertiary alicyclic amines) is 1. The van der Waals surface area contributed by atoms with Gasteiger partial charge in [-0.1, -0.05) is 200 Å². The van der Waals surface area contributed by atoms with Gasteiger partial charge in [-0.2, -0.15) is 4.58 Å². The predicted octanol–water partition coefficient (Wildman–Crippen LogP) is 8.76. The molecule has 0 spiro atoms. The van der Waals surface area contributed by atoms with Crippen molar-refractivity contribution in [1.82, 2.24) is 57.7 Å². The van der Waals surface area contributed by atoms with Gasteiger partial charge in [-0.3, -0.25) is 57.6 Å². The van der Waals surface area contributed by atoms with Crippen molar-refractivity contribution in [2.45, 2.75) is 196 Å². The number of fused-ring (bicyclic) bond motifs is 7. The highest BCUT2D eigenvalue weighted by Gasteiger charge is 2.47. The number of carbonyl (C=O) groups is 11. The summed E-state index contributed by atoms with van der Waals surface area (Å²) in [6.45, 7) is 13.5. The summed E-state index contributed by atoms with van der Waals surface area (Å²) in [5, 5.41) is 61.1. The van der Waals surface area contributed by atoms with Crippen molar-refractivity contribution >= 4 is 148 Å². The van der Waals surface area contributed by atoms with Gasteiger partial charge >= 0.3 is 0 Å². The van der Waals surface area contributed by atoms with E-state index in [1.807, 2.05) is 18.2 Å². The fraction of sp³-hybridized carbons (Fsp3) is 0.402. The SMILES string of the molecule is CCC[C@@H]1NC(=O)[C@@H](Cc2c[nH]c3ccccc23)NC(=O)[C@H](Cc2ccccc2)NC(=O)[C@@H](NC(=O)[C@@H](Cc2ccccc2)NC(=O)CCSC2CC(=O)N(CCNC(=O)CCCCC[N+]3=C(/C=C/C=C/C=C4/N(C)c5ccc6ccccc6c5C4(C)C)C(C)(C)c4c3ccc3ccccc43)C2=O)CSSC[C@@H](C(=O)N[C@H](CO)[C@@H](C)O)NC(=O)[C@H]([C@@H](C)O)NC1=O. The van der Waals surface area contributed by atoms with Crippen molar-refractivity contribution in [2.24, 2.45) is 0 Å². The van der Waals surface area contributed by atoms with Crippen LogP contribution in [0, 0.1) is 0 Å². The monoisotopic (exact) mass is 1780 g/mol. The molecular weight excluding hydrogens is 1670 g/mol. The number of nitrogens with one attached hydrogen (secondary N) is 10. The molecule has 0 saturated carbocycles. The molecule has 11 atom stereocenters. The number of likely N-dealkylation sites (N-methyl/N-ethyl adjacent to an activating group) is 1. The van der Waals surface area contributed by atoms with E-state index < -0.39 is 131 Å². The standard InChI is InChI=1S/C97H115N13O14S3/c1-9-28-70-88(117)107-87(60(3)113)94(123)106-76(93(122)104-74(56-111)59(2)112)58-127-126-57-75(92(121)102-72(52-62-31-16-11-17-32-62)90(119)103-73(91(120)101-70)53-65-55-99-69-38-26-25-35-66(65)69)105-89(118)71(51-61-29-14-10-15-30-61)100-83(115)46-50-125-79-54-84(116)110(95(79)124)49-47-98-82(114)41-20-13-27-48-109-78-45-43-64-34-22-24-37-68(64)86(78)97(6,7)81(109)40-19-12-18-39-80-96(4,5)85-67-36-23-21-33-63(67)42-44-77(85)108(80)8/h10-12,14-19,21-26,29-40,42-45,55,59-60,70-76,79,87,99,111-113H,9,13,20,27-28,41,46-54,56-58H2,1-8H3,(H8-,98,100,101,102,103,104,105,106,107,114,115,117,118,119,120,121,122,123)/p+1/t59-,60-,70+,71-,72+,73-,74-,75+,76+,79?,87+/m1/s1. The summed E-state index contributed by atoms with van der Waals surface area (Å²) in [6, 6.07) is 39.1. The summed E-state index contributed by atoms with van der Waals surface area (Å²) in [5.41, 5.74) is 9.40. The Hall–Kier alpha value is -11.4. The molecule has 127 heavy (non-hydrogen) atoms. The zero-order valence-corrected chi connectivity index (χ0v) is 75.4. The van der Waals surface area contributed by atoms with E-state index in [-0.39, 0.29) is 92.0 Å². The quantitative estimate of drug-likeness (QED) is 0.00615. The number of hydrogen-bond acceptors (Lipinski definition) is 18. The zero-order valence-electron chi connectivity index (χ0n) is 73.0. The third-order valence-electron chi connectivity index (χ3n) is 24.0. The Kier molecular flexibility index (Phi) is 32.7. The topological polar surface area (TPSA) is 382 Å². The number of aliphatic hydroxyl groups excluding tert-OH is 3. The lowest BCUT2D eigenvalue weighted by molar-refractivity contribution is -0.438. The van der Waals surface area contributed by atoms with E-state index >= 15 is 14.4 Å². The lowest BCUT2D eigenvalue weighted by atomic mass is 9.79. The van der Waals surface area contributed by atoms with Gasteiger partial charge in [0.05, 0.1) is 35.5 Å². The number of thioether (sulfide) groups is 1. The summed E-state index contributed by atoms with van der Waals surface area (Å²) in [6.07, 6.45) is 11.8. The minimum Gasteiger partial charge on any atom is -0.394 e. The molecule has 13 N–H and O–H groups in total. The molecule has 0 aliphatic carbocycles. The number of allylic oxidation sites excluding steroid dienone is 6. The number of hydrogen-bond donors (Lipinski definition) is 13. The number of aliphatic hydroxyl groups is 3. The van der Waals surface area contributed by atoms with Crippen LogP contribution in [0.4, 0.5) is 11.4 Å². The Morgan fingerprint density at radius 3 is 1.96 bits per heavy atom. The Bertz CT molecular complexity index is 5480. The van der Waals surface area contributed by atoms with E-state index in [2.05, 4.69) is 200 Å². The van der Waals surface area contributed by atoms with Crippen molar-refractivity contribution in [2.75, 3.05) is 55.4 Å². The van der Waals surface area contributed by atoms with Crippen LogP contribution >= 0.6 is 33.3 Å². The molecule has 7 aromatic carbocycles. The van der Waals surface area contributed by atoms with Crippen LogP contribution < -0.4 is 52.8 Å². The van der Waals surface area contributed by atoms with E-state index in [4.69, 9.17) is 0 Å². The van der Waals surface area contributed by atoms with Crippen LogP contribution in [0.5, 0.6) is 0 Å². The summed E-state index contributed by atoms with van der Waals surface area (Å²) >= 11 is 1.11. The Morgan fingerprint density at radius 1 is 0.638 bits per heavy atom. The highest BCUT2D eigenvalue weighted by molar-refractivity contribution is 8.76. The van der Waals surface area contributed by atoms with Crippen molar-refractivity contribution in [3.63, 3.8) is 0 Å². The smallest absolute Gasteiger partial charge is 0.245 e. The number of carbonyl (C=O) groups excluding carboxylic acids is 11. The van der Waals surface area contributed by atoms with E-state index in [9.17, 15) is 53.7 Å². The highest BCUT2D eigenvalue weighted by Crippen LogP contribution is 2.50. The molecule has 4 aliphatic rings. The molecule has 0 bridgehead atoms. The average molecular weight is 1780 g/mol. The zero-order chi connectivity index (χ0) is 90.6. The van der Waals surface area contributed by atoms with Gasteiger partial charge in [0, 0.05) is 134 Å². The number of rotatable bonds is 32. The molecule has 1 aromatic heterocycles. The minimum absolute atomic E-state index is 0.0228. The first kappa shape index (κ1) is 94.7.